The summed E-state index contributed by atoms with van der Waals surface area (Å²) in [5.74, 6) is -1.14. The topological polar surface area (TPSA) is 102 Å². The zero-order valence-electron chi connectivity index (χ0n) is 25.5. The van der Waals surface area contributed by atoms with Crippen molar-refractivity contribution < 1.29 is 37.0 Å². The van der Waals surface area contributed by atoms with Crippen molar-refractivity contribution in [3.63, 3.8) is 0 Å². The first kappa shape index (κ1) is 35.6. The summed E-state index contributed by atoms with van der Waals surface area (Å²) < 4.78 is 58.2. The highest BCUT2D eigenvalue weighted by Crippen LogP contribution is 2.63. The van der Waals surface area contributed by atoms with Gasteiger partial charge in [0.1, 0.15) is 4.88 Å². The van der Waals surface area contributed by atoms with Gasteiger partial charge in [-0.05, 0) is 61.1 Å². The monoisotopic (exact) mass is 671 g/mol. The molecule has 2 N–H and O–H groups in total. The zero-order valence-corrected chi connectivity index (χ0v) is 29.1. The van der Waals surface area contributed by atoms with E-state index in [0.29, 0.717) is 15.6 Å². The third-order valence-corrected chi connectivity index (χ3v) is 16.4. The molecule has 1 heterocycles. The van der Waals surface area contributed by atoms with Gasteiger partial charge in [0.05, 0.1) is 12.0 Å². The number of hydrogen-bond donors (Lipinski definition) is 2. The second kappa shape index (κ2) is 13.6. The lowest BCUT2D eigenvalue weighted by Gasteiger charge is -2.38. The van der Waals surface area contributed by atoms with E-state index in [1.165, 1.54) is 12.1 Å². The number of carboxylic acid groups (broad SMARTS) is 1. The highest BCUT2D eigenvalue weighted by atomic mass is 32.2. The van der Waals surface area contributed by atoms with Crippen LogP contribution in [0.25, 0.3) is 10.1 Å². The average Bonchev–Trinajstić information content (AvgIpc) is 3.37. The first-order chi connectivity index (χ1) is 19.8. The summed E-state index contributed by atoms with van der Waals surface area (Å²) >= 11 is 1.90. The van der Waals surface area contributed by atoms with E-state index in [-0.39, 0.29) is 40.5 Å². The van der Waals surface area contributed by atoms with Gasteiger partial charge in [-0.25, -0.2) is 9.88 Å². The summed E-state index contributed by atoms with van der Waals surface area (Å²) in [5, 5.41) is 11.9. The molecule has 2 aromatic carbocycles. The lowest BCUT2D eigenvalue weighted by Crippen LogP contribution is -2.44. The minimum Gasteiger partial charge on any atom is -0.477 e. The molecule has 236 valence electrons. The predicted molar refractivity (Wildman–Crippen MR) is 174 cm³/mol. The van der Waals surface area contributed by atoms with Gasteiger partial charge in [-0.15, -0.1) is 11.3 Å². The van der Waals surface area contributed by atoms with Crippen molar-refractivity contribution in [2.24, 2.45) is 5.41 Å². The molecule has 7 nitrogen and oxygen atoms in total. The van der Waals surface area contributed by atoms with Crippen molar-refractivity contribution in [3.05, 3.63) is 70.6 Å². The maximum atomic E-state index is 16.0. The second-order valence-electron chi connectivity index (χ2n) is 12.5. The molecule has 1 atom stereocenters. The van der Waals surface area contributed by atoms with Crippen LogP contribution in [0.1, 0.15) is 55.4 Å². The number of halogens is 2. The largest absolute Gasteiger partial charge is 0.477 e. The Kier molecular flexibility index (Phi) is 11.2. The van der Waals surface area contributed by atoms with Crippen LogP contribution in [0.3, 0.4) is 0 Å². The van der Waals surface area contributed by atoms with Crippen LogP contribution in [0.15, 0.2) is 54.6 Å². The first-order valence-corrected chi connectivity index (χ1v) is 20.1. The maximum absolute atomic E-state index is 16.0. The number of carboxylic acids is 1. The van der Waals surface area contributed by atoms with E-state index in [1.54, 1.807) is 44.2 Å². The maximum Gasteiger partial charge on any atom is 0.360 e. The van der Waals surface area contributed by atoms with Crippen molar-refractivity contribution in [2.45, 2.75) is 65.0 Å². The normalized spacial score (nSPS) is 14.5. The molecular weight excluding hydrogens is 632 g/mol. The lowest BCUT2D eigenvalue weighted by atomic mass is 9.97. The Morgan fingerprint density at radius 2 is 1.70 bits per heavy atom. The van der Waals surface area contributed by atoms with Gasteiger partial charge in [0.25, 0.3) is 0 Å². The number of rotatable bonds is 14. The van der Waals surface area contributed by atoms with Gasteiger partial charge in [-0.1, -0.05) is 68.9 Å². The van der Waals surface area contributed by atoms with Crippen molar-refractivity contribution in [1.29, 1.82) is 0 Å². The highest BCUT2D eigenvalue weighted by Gasteiger charge is 2.53. The molecule has 0 saturated heterocycles. The van der Waals surface area contributed by atoms with Gasteiger partial charge in [0, 0.05) is 29.2 Å². The molecule has 43 heavy (non-hydrogen) atoms. The van der Waals surface area contributed by atoms with E-state index < -0.39 is 38.4 Å². The zero-order chi connectivity index (χ0) is 32.3. The molecule has 0 radical (unpaired) electrons. The van der Waals surface area contributed by atoms with Crippen molar-refractivity contribution >= 4 is 60.1 Å². The molecule has 0 amide bonds. The molecular formula is C30H40F2NO6PS2Si. The minimum atomic E-state index is -4.89. The fraction of sp³-hybridized carbons (Fsp3) is 0.467. The molecule has 0 aliphatic heterocycles. The Hall–Kier alpha value is -1.92. The Morgan fingerprint density at radius 1 is 1.05 bits per heavy atom. The molecule has 3 aromatic rings. The summed E-state index contributed by atoms with van der Waals surface area (Å²) in [6.07, 6.45) is 0. The summed E-state index contributed by atoms with van der Waals surface area (Å²) in [5.41, 5.74) is -4.70. The van der Waals surface area contributed by atoms with Gasteiger partial charge >= 0.3 is 19.2 Å². The number of nitrogens with one attached hydrogen (secondary N) is 1. The number of fused-ring (bicyclic) bond motifs is 1. The first-order valence-electron chi connectivity index (χ1n) is 13.8. The van der Waals surface area contributed by atoms with Gasteiger partial charge in [0.15, 0.2) is 13.4 Å². The molecule has 1 aromatic heterocycles. The number of benzene rings is 2. The second-order valence-corrected chi connectivity index (χ2v) is 21.7. The molecule has 0 aliphatic rings. The lowest BCUT2D eigenvalue weighted by molar-refractivity contribution is -0.119. The number of hydrogen-bond acceptors (Lipinski definition) is 7. The Bertz CT molecular complexity index is 1490. The standard InChI is InChI=1S/C30H40F2NO6PS2Si/c1-28(2,3)43(6,7)39-20-29(4,5)27(36)41-16-15-38-40(37,33-19-21-11-9-8-10-12-21)30(31,32)23-13-14-24-22(17-23)18-25(42-24)26(34)35/h8-14,17-18H,15-16,19-20H2,1-7H3,(H,33,37)(H,34,35). The summed E-state index contributed by atoms with van der Waals surface area (Å²) in [6, 6.07) is 13.7. The number of carbonyl (C=O) groups is 2. The van der Waals surface area contributed by atoms with E-state index in [0.717, 1.165) is 35.2 Å². The molecule has 0 bridgehead atoms. The van der Waals surface area contributed by atoms with Crippen LogP contribution in [0.4, 0.5) is 8.78 Å². The van der Waals surface area contributed by atoms with Crippen LogP contribution in [-0.2, 0) is 30.5 Å². The molecule has 0 fully saturated rings. The van der Waals surface area contributed by atoms with E-state index >= 15 is 8.78 Å². The Labute approximate surface area is 261 Å². The van der Waals surface area contributed by atoms with E-state index in [1.807, 2.05) is 0 Å². The van der Waals surface area contributed by atoms with Gasteiger partial charge < -0.3 is 14.1 Å². The molecule has 0 spiro atoms. The third kappa shape index (κ3) is 8.63. The third-order valence-electron chi connectivity index (χ3n) is 7.52. The molecule has 13 heteroatoms. The van der Waals surface area contributed by atoms with Crippen LogP contribution in [0.2, 0.25) is 18.1 Å². The van der Waals surface area contributed by atoms with Crippen LogP contribution in [0.5, 0.6) is 0 Å². The molecule has 3 rings (SSSR count). The van der Waals surface area contributed by atoms with Crippen LogP contribution >= 0.6 is 30.6 Å². The fourth-order valence-electron chi connectivity index (χ4n) is 3.65. The summed E-state index contributed by atoms with van der Waals surface area (Å²) in [6.45, 7) is 13.9. The summed E-state index contributed by atoms with van der Waals surface area (Å²) in [4.78, 5) is 24.4. The van der Waals surface area contributed by atoms with Gasteiger partial charge in [0.2, 0.25) is 0 Å². The van der Waals surface area contributed by atoms with Crippen LogP contribution in [-0.4, -0.2) is 43.5 Å². The van der Waals surface area contributed by atoms with Crippen molar-refractivity contribution in [3.8, 4) is 0 Å². The number of thiophene rings is 1. The molecule has 0 aliphatic carbocycles. The summed E-state index contributed by atoms with van der Waals surface area (Å²) in [7, 11) is -6.97. The quantitative estimate of drug-likeness (QED) is 0.0995. The van der Waals surface area contributed by atoms with Crippen molar-refractivity contribution in [2.75, 3.05) is 19.0 Å². The number of aromatic carboxylic acids is 1. The van der Waals surface area contributed by atoms with Crippen LogP contribution in [0, 0.1) is 5.41 Å². The van der Waals surface area contributed by atoms with Crippen LogP contribution < -0.4 is 5.09 Å². The van der Waals surface area contributed by atoms with Gasteiger partial charge in [-0.3, -0.25) is 9.36 Å². The Balaban J connectivity index is 1.75. The van der Waals surface area contributed by atoms with Crippen molar-refractivity contribution in [1.82, 2.24) is 5.09 Å². The SMILES string of the molecule is CC(C)(CO[Si](C)(C)C(C)(C)C)C(=O)SCCOP(=O)(NCc1ccccc1)C(F)(F)c1ccc2sc(C(=O)O)cc2c1. The fourth-order valence-corrected chi connectivity index (χ4v) is 8.29. The molecule has 0 saturated carbocycles. The van der Waals surface area contributed by atoms with E-state index in [4.69, 9.17) is 8.95 Å². The predicted octanol–water partition coefficient (Wildman–Crippen LogP) is 8.96. The van der Waals surface area contributed by atoms with E-state index in [2.05, 4.69) is 39.0 Å². The number of carbonyl (C=O) groups excluding carboxylic acids is 1. The number of alkyl halides is 2. The Morgan fingerprint density at radius 3 is 2.30 bits per heavy atom. The average molecular weight is 672 g/mol. The number of thioether (sulfide) groups is 1. The van der Waals surface area contributed by atoms with E-state index in [9.17, 15) is 19.3 Å². The van der Waals surface area contributed by atoms with Gasteiger partial charge in [-0.2, -0.15) is 8.78 Å². The minimum absolute atomic E-state index is 0.0106. The molecule has 1 unspecified atom stereocenters. The smallest absolute Gasteiger partial charge is 0.360 e. The highest BCUT2D eigenvalue weighted by molar-refractivity contribution is 8.13.